The van der Waals surface area contributed by atoms with Crippen molar-refractivity contribution in [2.24, 2.45) is 10.2 Å². The van der Waals surface area contributed by atoms with Crippen LogP contribution in [0.1, 0.15) is 17.1 Å². The van der Waals surface area contributed by atoms with E-state index in [1.807, 2.05) is 73.8 Å². The Morgan fingerprint density at radius 3 is 2.12 bits per heavy atom. The number of benzene rings is 2. The second kappa shape index (κ2) is 6.52. The molecular weight excluding hydrogens is 322 g/mol. The molecule has 0 radical (unpaired) electrons. The van der Waals surface area contributed by atoms with Crippen LogP contribution in [0.5, 0.6) is 0 Å². The van der Waals surface area contributed by atoms with Crippen molar-refractivity contribution in [2.75, 3.05) is 0 Å². The van der Waals surface area contributed by atoms with Gasteiger partial charge in [0.25, 0.3) is 0 Å². The third kappa shape index (κ3) is 2.77. The molecule has 0 aliphatic rings. The third-order valence-corrected chi connectivity index (χ3v) is 4.40. The van der Waals surface area contributed by atoms with Gasteiger partial charge in [0, 0.05) is 5.56 Å². The molecule has 4 aromatic rings. The van der Waals surface area contributed by atoms with E-state index in [-0.39, 0.29) is 0 Å². The van der Waals surface area contributed by atoms with Gasteiger partial charge < -0.3 is 0 Å². The zero-order valence-corrected chi connectivity index (χ0v) is 15.0. The highest BCUT2D eigenvalue weighted by atomic mass is 15.3. The summed E-state index contributed by atoms with van der Waals surface area (Å²) in [5, 5.41) is 13.5. The summed E-state index contributed by atoms with van der Waals surface area (Å²) in [6.07, 6.45) is 0. The minimum Gasteiger partial charge on any atom is -0.231 e. The van der Waals surface area contributed by atoms with Gasteiger partial charge in [-0.25, -0.2) is 9.50 Å². The summed E-state index contributed by atoms with van der Waals surface area (Å²) in [4.78, 5) is 4.79. The highest BCUT2D eigenvalue weighted by Gasteiger charge is 2.17. The van der Waals surface area contributed by atoms with Crippen LogP contribution in [-0.2, 0) is 0 Å². The summed E-state index contributed by atoms with van der Waals surface area (Å²) in [5.74, 6) is 0. The first-order valence-electron chi connectivity index (χ1n) is 8.54. The lowest BCUT2D eigenvalue weighted by atomic mass is 10.1. The molecule has 4 rings (SSSR count). The van der Waals surface area contributed by atoms with Crippen LogP contribution in [0.4, 0.5) is 11.4 Å². The number of aromatic nitrogens is 3. The Morgan fingerprint density at radius 1 is 0.769 bits per heavy atom. The van der Waals surface area contributed by atoms with E-state index in [1.54, 1.807) is 0 Å². The largest absolute Gasteiger partial charge is 0.231 e. The van der Waals surface area contributed by atoms with E-state index < -0.39 is 0 Å². The Hall–Kier alpha value is -3.34. The zero-order valence-electron chi connectivity index (χ0n) is 15.0. The summed E-state index contributed by atoms with van der Waals surface area (Å²) < 4.78 is 1.87. The smallest absolute Gasteiger partial charge is 0.163 e. The average molecular weight is 341 g/mol. The lowest BCUT2D eigenvalue weighted by Crippen LogP contribution is -1.99. The van der Waals surface area contributed by atoms with E-state index in [4.69, 9.17) is 10.1 Å². The van der Waals surface area contributed by atoms with Crippen molar-refractivity contribution in [2.45, 2.75) is 20.8 Å². The predicted molar refractivity (Wildman–Crippen MR) is 103 cm³/mol. The van der Waals surface area contributed by atoms with Gasteiger partial charge in [0.15, 0.2) is 5.65 Å². The van der Waals surface area contributed by atoms with E-state index in [9.17, 15) is 0 Å². The number of nitrogens with zero attached hydrogens (tertiary/aromatic N) is 5. The van der Waals surface area contributed by atoms with Crippen molar-refractivity contribution in [1.29, 1.82) is 0 Å². The molecule has 0 fully saturated rings. The molecule has 5 heteroatoms. The second-order valence-corrected chi connectivity index (χ2v) is 6.23. The molecular formula is C21H19N5. The fourth-order valence-corrected chi connectivity index (χ4v) is 3.12. The SMILES string of the molecule is Cc1nc2c(-c3ccccc3)c(C)nn2c(C)c1N=Nc1ccccc1. The number of hydrogen-bond donors (Lipinski definition) is 0. The molecule has 0 unspecified atom stereocenters. The molecule has 0 aliphatic heterocycles. The standard InChI is InChI=1S/C21H19N5/c1-14-19(17-10-6-4-7-11-17)21-22-15(2)20(16(3)26(21)25-14)24-23-18-12-8-5-9-13-18/h4-13H,1-3H3. The summed E-state index contributed by atoms with van der Waals surface area (Å²) in [6, 6.07) is 19.9. The maximum atomic E-state index is 4.79. The Balaban J connectivity index is 1.87. The van der Waals surface area contributed by atoms with Gasteiger partial charge in [-0.3, -0.25) is 0 Å². The maximum Gasteiger partial charge on any atom is 0.163 e. The van der Waals surface area contributed by atoms with Crippen molar-refractivity contribution in [3.63, 3.8) is 0 Å². The summed E-state index contributed by atoms with van der Waals surface area (Å²) in [6.45, 7) is 5.97. The van der Waals surface area contributed by atoms with Crippen LogP contribution in [0, 0.1) is 20.8 Å². The third-order valence-electron chi connectivity index (χ3n) is 4.40. The molecule has 0 saturated heterocycles. The van der Waals surface area contributed by atoms with Crippen LogP contribution in [0.3, 0.4) is 0 Å². The first kappa shape index (κ1) is 16.1. The van der Waals surface area contributed by atoms with E-state index in [1.165, 1.54) is 0 Å². The minimum absolute atomic E-state index is 0.753. The van der Waals surface area contributed by atoms with Crippen LogP contribution in [0.15, 0.2) is 70.9 Å². The van der Waals surface area contributed by atoms with Gasteiger partial charge in [0.05, 0.1) is 22.8 Å². The Morgan fingerprint density at radius 2 is 1.42 bits per heavy atom. The van der Waals surface area contributed by atoms with Crippen LogP contribution in [0.25, 0.3) is 16.8 Å². The normalized spacial score (nSPS) is 11.5. The van der Waals surface area contributed by atoms with E-state index in [2.05, 4.69) is 22.4 Å². The van der Waals surface area contributed by atoms with Gasteiger partial charge in [-0.15, -0.1) is 5.11 Å². The topological polar surface area (TPSA) is 54.9 Å². The molecule has 0 saturated carbocycles. The van der Waals surface area contributed by atoms with Crippen LogP contribution in [-0.4, -0.2) is 14.6 Å². The van der Waals surface area contributed by atoms with Gasteiger partial charge in [0.1, 0.15) is 5.69 Å². The molecule has 0 atom stereocenters. The van der Waals surface area contributed by atoms with Gasteiger partial charge >= 0.3 is 0 Å². The lowest BCUT2D eigenvalue weighted by Gasteiger charge is -2.07. The molecule has 0 N–H and O–H groups in total. The summed E-state index contributed by atoms with van der Waals surface area (Å²) in [7, 11) is 0. The van der Waals surface area contributed by atoms with Crippen LogP contribution in [0.2, 0.25) is 0 Å². The summed E-state index contributed by atoms with van der Waals surface area (Å²) in [5.41, 5.74) is 7.31. The zero-order chi connectivity index (χ0) is 18.1. The molecule has 2 aromatic heterocycles. The van der Waals surface area contributed by atoms with Crippen molar-refractivity contribution in [3.8, 4) is 11.1 Å². The number of fused-ring (bicyclic) bond motifs is 1. The van der Waals surface area contributed by atoms with Crippen LogP contribution < -0.4 is 0 Å². The van der Waals surface area contributed by atoms with Gasteiger partial charge in [-0.1, -0.05) is 48.5 Å². The highest BCUT2D eigenvalue weighted by molar-refractivity contribution is 5.80. The van der Waals surface area contributed by atoms with E-state index in [0.29, 0.717) is 0 Å². The molecule has 128 valence electrons. The predicted octanol–water partition coefficient (Wildman–Crippen LogP) is 5.74. The summed E-state index contributed by atoms with van der Waals surface area (Å²) >= 11 is 0. The molecule has 0 aliphatic carbocycles. The van der Waals surface area contributed by atoms with Crippen molar-refractivity contribution in [3.05, 3.63) is 77.7 Å². The number of rotatable bonds is 3. The number of aryl methyl sites for hydroxylation is 3. The minimum atomic E-state index is 0.753. The molecule has 0 amide bonds. The van der Waals surface area contributed by atoms with Crippen molar-refractivity contribution in [1.82, 2.24) is 14.6 Å². The van der Waals surface area contributed by atoms with Crippen LogP contribution >= 0.6 is 0 Å². The second-order valence-electron chi connectivity index (χ2n) is 6.23. The first-order chi connectivity index (χ1) is 12.6. The Kier molecular flexibility index (Phi) is 4.05. The fraction of sp³-hybridized carbons (Fsp3) is 0.143. The number of azo groups is 1. The van der Waals surface area contributed by atoms with Gasteiger partial charge in [0.2, 0.25) is 0 Å². The molecule has 0 spiro atoms. The Bertz CT molecular complexity index is 1100. The molecule has 5 nitrogen and oxygen atoms in total. The van der Waals surface area contributed by atoms with Gasteiger partial charge in [-0.2, -0.15) is 10.2 Å². The molecule has 0 bridgehead atoms. The van der Waals surface area contributed by atoms with Crippen molar-refractivity contribution < 1.29 is 0 Å². The maximum absolute atomic E-state index is 4.79. The Labute approximate surface area is 152 Å². The first-order valence-corrected chi connectivity index (χ1v) is 8.54. The molecule has 26 heavy (non-hydrogen) atoms. The monoisotopic (exact) mass is 341 g/mol. The molecule has 2 heterocycles. The fourth-order valence-electron chi connectivity index (χ4n) is 3.12. The van der Waals surface area contributed by atoms with Crippen molar-refractivity contribution >= 4 is 17.0 Å². The number of hydrogen-bond acceptors (Lipinski definition) is 4. The quantitative estimate of drug-likeness (QED) is 0.446. The van der Waals surface area contributed by atoms with E-state index >= 15 is 0 Å². The highest BCUT2D eigenvalue weighted by Crippen LogP contribution is 2.32. The average Bonchev–Trinajstić information content (AvgIpc) is 2.99. The van der Waals surface area contributed by atoms with Gasteiger partial charge in [-0.05, 0) is 38.5 Å². The van der Waals surface area contributed by atoms with E-state index in [0.717, 1.165) is 45.2 Å². The lowest BCUT2D eigenvalue weighted by molar-refractivity contribution is 0.866. The molecule has 2 aromatic carbocycles.